The van der Waals surface area contributed by atoms with Crippen LogP contribution in [0.2, 0.25) is 0 Å². The van der Waals surface area contributed by atoms with Gasteiger partial charge in [-0.2, -0.15) is 5.26 Å². The van der Waals surface area contributed by atoms with E-state index in [1.807, 2.05) is 38.1 Å². The van der Waals surface area contributed by atoms with E-state index >= 15 is 0 Å². The van der Waals surface area contributed by atoms with Gasteiger partial charge in [0.05, 0.1) is 24.8 Å². The lowest BCUT2D eigenvalue weighted by atomic mass is 10.1. The van der Waals surface area contributed by atoms with Crippen molar-refractivity contribution < 1.29 is 19.0 Å². The number of ether oxygens (including phenoxy) is 3. The molecule has 0 saturated carbocycles. The van der Waals surface area contributed by atoms with Crippen LogP contribution in [0, 0.1) is 11.3 Å². The van der Waals surface area contributed by atoms with E-state index in [1.54, 1.807) is 30.3 Å². The van der Waals surface area contributed by atoms with Crippen LogP contribution in [-0.2, 0) is 16.1 Å². The molecule has 5 nitrogen and oxygen atoms in total. The number of hydrogen-bond acceptors (Lipinski definition) is 5. The van der Waals surface area contributed by atoms with E-state index in [9.17, 15) is 4.79 Å². The van der Waals surface area contributed by atoms with Crippen LogP contribution >= 0.6 is 0 Å². The first-order chi connectivity index (χ1) is 12.7. The summed E-state index contributed by atoms with van der Waals surface area (Å²) < 4.78 is 16.3. The van der Waals surface area contributed by atoms with Gasteiger partial charge in [-0.05, 0) is 55.3 Å². The molecule has 0 N–H and O–H groups in total. The molecule has 5 heteroatoms. The number of benzene rings is 2. The minimum absolute atomic E-state index is 0.155. The average Bonchev–Trinajstić information content (AvgIpc) is 2.67. The highest BCUT2D eigenvalue weighted by Crippen LogP contribution is 2.29. The molecule has 0 atom stereocenters. The van der Waals surface area contributed by atoms with Gasteiger partial charge in [-0.15, -0.1) is 0 Å². The third-order valence-electron chi connectivity index (χ3n) is 3.44. The first-order valence-corrected chi connectivity index (χ1v) is 8.39. The molecule has 2 rings (SSSR count). The minimum Gasteiger partial charge on any atom is -0.490 e. The van der Waals surface area contributed by atoms with Gasteiger partial charge in [0.2, 0.25) is 0 Å². The molecule has 134 valence electrons. The molecule has 0 unspecified atom stereocenters. The average molecular weight is 351 g/mol. The van der Waals surface area contributed by atoms with Crippen molar-refractivity contribution in [2.75, 3.05) is 13.2 Å². The predicted octanol–water partition coefficient (Wildman–Crippen LogP) is 4.11. The second-order valence-electron chi connectivity index (χ2n) is 5.32. The molecular weight excluding hydrogens is 330 g/mol. The second-order valence-corrected chi connectivity index (χ2v) is 5.32. The van der Waals surface area contributed by atoms with Crippen LogP contribution in [0.3, 0.4) is 0 Å². The van der Waals surface area contributed by atoms with E-state index in [1.165, 1.54) is 6.08 Å². The molecule has 26 heavy (non-hydrogen) atoms. The molecule has 0 heterocycles. The van der Waals surface area contributed by atoms with E-state index in [0.29, 0.717) is 30.3 Å². The van der Waals surface area contributed by atoms with Gasteiger partial charge in [0.1, 0.15) is 6.61 Å². The first kappa shape index (κ1) is 19.1. The molecule has 0 aliphatic carbocycles. The number of carbonyl (C=O) groups excluding carboxylic acids is 1. The Morgan fingerprint density at radius 3 is 2.38 bits per heavy atom. The second kappa shape index (κ2) is 9.90. The van der Waals surface area contributed by atoms with Crippen LogP contribution < -0.4 is 9.47 Å². The van der Waals surface area contributed by atoms with E-state index in [2.05, 4.69) is 0 Å². The number of nitriles is 1. The highest BCUT2D eigenvalue weighted by Gasteiger charge is 2.05. The Labute approximate surface area is 153 Å². The van der Waals surface area contributed by atoms with E-state index in [0.717, 1.165) is 11.1 Å². The van der Waals surface area contributed by atoms with Crippen LogP contribution in [-0.4, -0.2) is 19.2 Å². The highest BCUT2D eigenvalue weighted by molar-refractivity contribution is 5.87. The van der Waals surface area contributed by atoms with Crippen molar-refractivity contribution in [2.24, 2.45) is 0 Å². The molecule has 0 saturated heterocycles. The molecule has 2 aromatic carbocycles. The van der Waals surface area contributed by atoms with Gasteiger partial charge in [0, 0.05) is 6.08 Å². The van der Waals surface area contributed by atoms with Crippen LogP contribution in [0.1, 0.15) is 30.5 Å². The standard InChI is InChI=1S/C21H21NO4/c1-3-24-19-11-9-16(13-20(19)25-4-2)10-12-21(23)26-15-18-7-5-17(14-22)6-8-18/h5-13H,3-4,15H2,1-2H3/b12-10+. The maximum Gasteiger partial charge on any atom is 0.331 e. The summed E-state index contributed by atoms with van der Waals surface area (Å²) in [6.07, 6.45) is 3.04. The summed E-state index contributed by atoms with van der Waals surface area (Å²) in [4.78, 5) is 11.9. The summed E-state index contributed by atoms with van der Waals surface area (Å²) in [5.74, 6) is 0.874. The molecule has 0 aliphatic rings. The molecule has 0 aromatic heterocycles. The Hall–Kier alpha value is -3.26. The summed E-state index contributed by atoms with van der Waals surface area (Å²) >= 11 is 0. The molecule has 0 radical (unpaired) electrons. The molecule has 0 fully saturated rings. The minimum atomic E-state index is -0.443. The molecule has 0 aliphatic heterocycles. The highest BCUT2D eigenvalue weighted by atomic mass is 16.5. The zero-order valence-electron chi connectivity index (χ0n) is 14.9. The zero-order valence-corrected chi connectivity index (χ0v) is 14.9. The number of carbonyl (C=O) groups is 1. The number of esters is 1. The monoisotopic (exact) mass is 351 g/mol. The lowest BCUT2D eigenvalue weighted by molar-refractivity contribution is -0.138. The number of hydrogen-bond donors (Lipinski definition) is 0. The number of rotatable bonds is 8. The van der Waals surface area contributed by atoms with Crippen molar-refractivity contribution in [3.63, 3.8) is 0 Å². The van der Waals surface area contributed by atoms with Crippen molar-refractivity contribution >= 4 is 12.0 Å². The fourth-order valence-corrected chi connectivity index (χ4v) is 2.21. The van der Waals surface area contributed by atoms with Crippen molar-refractivity contribution in [3.8, 4) is 17.6 Å². The zero-order chi connectivity index (χ0) is 18.8. The third-order valence-corrected chi connectivity index (χ3v) is 3.44. The van der Waals surface area contributed by atoms with Crippen molar-refractivity contribution in [1.29, 1.82) is 5.26 Å². The Balaban J connectivity index is 1.96. The lowest BCUT2D eigenvalue weighted by Gasteiger charge is -2.11. The Kier molecular flexibility index (Phi) is 7.26. The smallest absolute Gasteiger partial charge is 0.331 e. The van der Waals surface area contributed by atoms with Crippen LogP contribution in [0.5, 0.6) is 11.5 Å². The normalized spacial score (nSPS) is 10.3. The van der Waals surface area contributed by atoms with Crippen LogP contribution in [0.4, 0.5) is 0 Å². The third kappa shape index (κ3) is 5.67. The van der Waals surface area contributed by atoms with Crippen molar-refractivity contribution in [1.82, 2.24) is 0 Å². The van der Waals surface area contributed by atoms with Crippen molar-refractivity contribution in [2.45, 2.75) is 20.5 Å². The fourth-order valence-electron chi connectivity index (χ4n) is 2.21. The maximum atomic E-state index is 11.9. The molecular formula is C21H21NO4. The number of nitrogens with zero attached hydrogens (tertiary/aromatic N) is 1. The SMILES string of the molecule is CCOc1ccc(/C=C/C(=O)OCc2ccc(C#N)cc2)cc1OCC. The first-order valence-electron chi connectivity index (χ1n) is 8.39. The lowest BCUT2D eigenvalue weighted by Crippen LogP contribution is -2.01. The van der Waals surface area contributed by atoms with Crippen LogP contribution in [0.15, 0.2) is 48.5 Å². The molecule has 0 bridgehead atoms. The largest absolute Gasteiger partial charge is 0.490 e. The summed E-state index contributed by atoms with van der Waals surface area (Å²) in [7, 11) is 0. The van der Waals surface area contributed by atoms with Gasteiger partial charge < -0.3 is 14.2 Å². The van der Waals surface area contributed by atoms with Gasteiger partial charge in [-0.1, -0.05) is 18.2 Å². The Morgan fingerprint density at radius 1 is 1.04 bits per heavy atom. The van der Waals surface area contributed by atoms with Gasteiger partial charge in [-0.25, -0.2) is 4.79 Å². The maximum absolute atomic E-state index is 11.9. The van der Waals surface area contributed by atoms with E-state index < -0.39 is 5.97 Å². The van der Waals surface area contributed by atoms with Gasteiger partial charge in [0.15, 0.2) is 11.5 Å². The molecule has 2 aromatic rings. The molecule has 0 spiro atoms. The van der Waals surface area contributed by atoms with Crippen LogP contribution in [0.25, 0.3) is 6.08 Å². The van der Waals surface area contributed by atoms with Gasteiger partial charge in [0.25, 0.3) is 0 Å². The van der Waals surface area contributed by atoms with E-state index in [-0.39, 0.29) is 6.61 Å². The van der Waals surface area contributed by atoms with Crippen molar-refractivity contribution in [3.05, 3.63) is 65.2 Å². The summed E-state index contributed by atoms with van der Waals surface area (Å²) in [6, 6.07) is 14.4. The topological polar surface area (TPSA) is 68.5 Å². The summed E-state index contributed by atoms with van der Waals surface area (Å²) in [5, 5.41) is 8.76. The summed E-state index contributed by atoms with van der Waals surface area (Å²) in [6.45, 7) is 5.05. The van der Waals surface area contributed by atoms with E-state index in [4.69, 9.17) is 19.5 Å². The predicted molar refractivity (Wildman–Crippen MR) is 98.8 cm³/mol. The Morgan fingerprint density at radius 2 is 1.73 bits per heavy atom. The van der Waals surface area contributed by atoms with Gasteiger partial charge >= 0.3 is 5.97 Å². The quantitative estimate of drug-likeness (QED) is 0.529. The molecule has 0 amide bonds. The van der Waals surface area contributed by atoms with Gasteiger partial charge in [-0.3, -0.25) is 0 Å². The Bertz CT molecular complexity index is 804. The summed E-state index contributed by atoms with van der Waals surface area (Å²) in [5.41, 5.74) is 2.21. The fraction of sp³-hybridized carbons (Fsp3) is 0.238.